The quantitative estimate of drug-likeness (QED) is 0.410. The average Bonchev–Trinajstić information content (AvgIpc) is 2.87. The standard InChI is InChI=1S/C27H31F3N6/c1-4-13-31-23-12-8-6-9-20(23)19(2)32-24-18-25(36-16-14-35(3)15-17-36)34-26(33-24)21-10-5-7-11-22(21)27(28,29)30/h5-12,18,31H,2,4,13-17H2,1,3H3,(H,32,33,34). The molecule has 1 fully saturated rings. The Balaban J connectivity index is 1.73. The molecule has 6 nitrogen and oxygen atoms in total. The summed E-state index contributed by atoms with van der Waals surface area (Å²) in [5, 5.41) is 6.61. The van der Waals surface area contributed by atoms with E-state index in [-0.39, 0.29) is 11.4 Å². The van der Waals surface area contributed by atoms with Gasteiger partial charge in [-0.05, 0) is 25.6 Å². The van der Waals surface area contributed by atoms with Crippen molar-refractivity contribution in [3.05, 3.63) is 72.3 Å². The Morgan fingerprint density at radius 1 is 1.00 bits per heavy atom. The van der Waals surface area contributed by atoms with Gasteiger partial charge in [-0.1, -0.05) is 49.9 Å². The smallest absolute Gasteiger partial charge is 0.385 e. The lowest BCUT2D eigenvalue weighted by Crippen LogP contribution is -2.44. The first-order valence-corrected chi connectivity index (χ1v) is 12.0. The topological polar surface area (TPSA) is 56.3 Å². The molecule has 1 saturated heterocycles. The third-order valence-electron chi connectivity index (χ3n) is 6.11. The number of piperazine rings is 1. The van der Waals surface area contributed by atoms with E-state index < -0.39 is 11.7 Å². The Morgan fingerprint density at radius 2 is 1.69 bits per heavy atom. The molecule has 2 heterocycles. The molecule has 9 heteroatoms. The molecule has 0 radical (unpaired) electrons. The first-order chi connectivity index (χ1) is 17.3. The van der Waals surface area contributed by atoms with Gasteiger partial charge in [-0.25, -0.2) is 9.97 Å². The van der Waals surface area contributed by atoms with E-state index >= 15 is 0 Å². The highest BCUT2D eigenvalue weighted by Gasteiger charge is 2.34. The van der Waals surface area contributed by atoms with Crippen LogP contribution in [0.1, 0.15) is 24.5 Å². The SMILES string of the molecule is C=C(Nc1cc(N2CCN(C)CC2)nc(-c2ccccc2C(F)(F)F)n1)c1ccccc1NCCC. The molecule has 2 aromatic carbocycles. The maximum atomic E-state index is 13.8. The summed E-state index contributed by atoms with van der Waals surface area (Å²) in [7, 11) is 2.04. The van der Waals surface area contributed by atoms with E-state index in [4.69, 9.17) is 0 Å². The van der Waals surface area contributed by atoms with Crippen LogP contribution in [-0.2, 0) is 6.18 Å². The van der Waals surface area contributed by atoms with Gasteiger partial charge in [0.2, 0.25) is 0 Å². The zero-order valence-corrected chi connectivity index (χ0v) is 20.6. The van der Waals surface area contributed by atoms with Crippen LogP contribution in [0.2, 0.25) is 0 Å². The van der Waals surface area contributed by atoms with Gasteiger partial charge in [-0.2, -0.15) is 13.2 Å². The summed E-state index contributed by atoms with van der Waals surface area (Å²) in [5.74, 6) is 0.992. The number of hydrogen-bond donors (Lipinski definition) is 2. The second-order valence-electron chi connectivity index (χ2n) is 8.84. The predicted molar refractivity (Wildman–Crippen MR) is 140 cm³/mol. The molecule has 0 saturated carbocycles. The van der Waals surface area contributed by atoms with Crippen LogP contribution < -0.4 is 15.5 Å². The summed E-state index contributed by atoms with van der Waals surface area (Å²) >= 11 is 0. The highest BCUT2D eigenvalue weighted by Crippen LogP contribution is 2.37. The molecule has 190 valence electrons. The van der Waals surface area contributed by atoms with Gasteiger partial charge >= 0.3 is 6.18 Å². The zero-order chi connectivity index (χ0) is 25.7. The fraction of sp³-hybridized carbons (Fsp3) is 0.333. The van der Waals surface area contributed by atoms with Crippen molar-refractivity contribution in [1.29, 1.82) is 0 Å². The first-order valence-electron chi connectivity index (χ1n) is 12.0. The number of halogens is 3. The highest BCUT2D eigenvalue weighted by atomic mass is 19.4. The zero-order valence-electron chi connectivity index (χ0n) is 20.6. The second-order valence-corrected chi connectivity index (χ2v) is 8.84. The first kappa shape index (κ1) is 25.5. The van der Waals surface area contributed by atoms with Crippen LogP contribution in [0.25, 0.3) is 17.1 Å². The van der Waals surface area contributed by atoms with E-state index in [0.29, 0.717) is 17.3 Å². The minimum absolute atomic E-state index is 0.0204. The lowest BCUT2D eigenvalue weighted by Gasteiger charge is -2.33. The number of para-hydroxylation sites is 1. The van der Waals surface area contributed by atoms with E-state index in [0.717, 1.165) is 56.5 Å². The number of alkyl halides is 3. The minimum Gasteiger partial charge on any atom is -0.385 e. The number of aromatic nitrogens is 2. The van der Waals surface area contributed by atoms with E-state index in [9.17, 15) is 13.2 Å². The van der Waals surface area contributed by atoms with Gasteiger partial charge in [0.15, 0.2) is 5.82 Å². The summed E-state index contributed by atoms with van der Waals surface area (Å²) in [5.41, 5.74) is 1.56. The van der Waals surface area contributed by atoms with Crippen LogP contribution in [0.15, 0.2) is 61.2 Å². The molecule has 4 rings (SSSR count). The number of benzene rings is 2. The van der Waals surface area contributed by atoms with E-state index in [2.05, 4.69) is 43.9 Å². The third kappa shape index (κ3) is 5.96. The van der Waals surface area contributed by atoms with Crippen molar-refractivity contribution in [3.63, 3.8) is 0 Å². The van der Waals surface area contributed by atoms with Gasteiger partial charge in [0.25, 0.3) is 0 Å². The van der Waals surface area contributed by atoms with Gasteiger partial charge in [0.1, 0.15) is 11.6 Å². The summed E-state index contributed by atoms with van der Waals surface area (Å²) < 4.78 is 41.4. The number of likely N-dealkylation sites (N-methyl/N-ethyl adjacent to an activating group) is 1. The summed E-state index contributed by atoms with van der Waals surface area (Å²) in [6, 6.07) is 15.0. The number of hydrogen-bond acceptors (Lipinski definition) is 6. The molecule has 1 aliphatic heterocycles. The Bertz CT molecular complexity index is 1200. The molecule has 1 aromatic heterocycles. The van der Waals surface area contributed by atoms with Crippen molar-refractivity contribution in [2.45, 2.75) is 19.5 Å². The Hall–Kier alpha value is -3.59. The molecule has 0 atom stereocenters. The van der Waals surface area contributed by atoms with Crippen molar-refractivity contribution in [3.8, 4) is 11.4 Å². The van der Waals surface area contributed by atoms with Crippen LogP contribution >= 0.6 is 0 Å². The van der Waals surface area contributed by atoms with Gasteiger partial charge in [0.05, 0.1) is 5.56 Å². The summed E-state index contributed by atoms with van der Waals surface area (Å²) in [4.78, 5) is 13.4. The van der Waals surface area contributed by atoms with Crippen LogP contribution in [0.5, 0.6) is 0 Å². The normalized spacial score (nSPS) is 14.5. The Morgan fingerprint density at radius 3 is 2.42 bits per heavy atom. The van der Waals surface area contributed by atoms with Crippen molar-refractivity contribution in [2.75, 3.05) is 55.3 Å². The maximum absolute atomic E-state index is 13.8. The monoisotopic (exact) mass is 496 g/mol. The van der Waals surface area contributed by atoms with Crippen LogP contribution in [0.3, 0.4) is 0 Å². The second kappa shape index (κ2) is 11.0. The lowest BCUT2D eigenvalue weighted by molar-refractivity contribution is -0.137. The predicted octanol–water partition coefficient (Wildman–Crippen LogP) is 5.82. The molecule has 0 spiro atoms. The van der Waals surface area contributed by atoms with Gasteiger partial charge in [-0.3, -0.25) is 0 Å². The van der Waals surface area contributed by atoms with Crippen LogP contribution in [0.4, 0.5) is 30.5 Å². The Labute approximate surface area is 209 Å². The van der Waals surface area contributed by atoms with Gasteiger partial charge in [-0.15, -0.1) is 0 Å². The number of anilines is 3. The fourth-order valence-corrected chi connectivity index (χ4v) is 4.12. The fourth-order valence-electron chi connectivity index (χ4n) is 4.12. The summed E-state index contributed by atoms with van der Waals surface area (Å²) in [6.45, 7) is 10.2. The highest BCUT2D eigenvalue weighted by molar-refractivity contribution is 5.82. The third-order valence-corrected chi connectivity index (χ3v) is 6.11. The number of nitrogens with one attached hydrogen (secondary N) is 2. The summed E-state index contributed by atoms with van der Waals surface area (Å²) in [6.07, 6.45) is -3.55. The lowest BCUT2D eigenvalue weighted by atomic mass is 10.1. The van der Waals surface area contributed by atoms with E-state index in [1.54, 1.807) is 12.1 Å². The van der Waals surface area contributed by atoms with Gasteiger partial charge in [0, 0.05) is 61.3 Å². The van der Waals surface area contributed by atoms with Crippen molar-refractivity contribution in [1.82, 2.24) is 14.9 Å². The minimum atomic E-state index is -4.52. The molecule has 0 unspecified atom stereocenters. The molecule has 0 bridgehead atoms. The molecule has 1 aliphatic rings. The molecule has 36 heavy (non-hydrogen) atoms. The average molecular weight is 497 g/mol. The molecule has 0 aliphatic carbocycles. The van der Waals surface area contributed by atoms with Gasteiger partial charge < -0.3 is 20.4 Å². The maximum Gasteiger partial charge on any atom is 0.417 e. The largest absolute Gasteiger partial charge is 0.417 e. The van der Waals surface area contributed by atoms with Crippen molar-refractivity contribution < 1.29 is 13.2 Å². The number of nitrogens with zero attached hydrogens (tertiary/aromatic N) is 4. The van der Waals surface area contributed by atoms with Crippen molar-refractivity contribution >= 4 is 23.0 Å². The Kier molecular flexibility index (Phi) is 7.79. The molecule has 2 N–H and O–H groups in total. The van der Waals surface area contributed by atoms with E-state index in [1.807, 2.05) is 31.3 Å². The number of rotatable bonds is 8. The molecule has 0 amide bonds. The van der Waals surface area contributed by atoms with Crippen LogP contribution in [0, 0.1) is 0 Å². The van der Waals surface area contributed by atoms with E-state index in [1.165, 1.54) is 12.1 Å². The van der Waals surface area contributed by atoms with Crippen molar-refractivity contribution in [2.24, 2.45) is 0 Å². The molecular formula is C27H31F3N6. The molecular weight excluding hydrogens is 465 g/mol. The molecule has 3 aromatic rings. The van der Waals surface area contributed by atoms with Crippen LogP contribution in [-0.4, -0.2) is 54.6 Å².